The van der Waals surface area contributed by atoms with Gasteiger partial charge in [0.15, 0.2) is 0 Å². The van der Waals surface area contributed by atoms with E-state index < -0.39 is 6.04 Å². The van der Waals surface area contributed by atoms with Crippen molar-refractivity contribution >= 4 is 17.8 Å². The van der Waals surface area contributed by atoms with Gasteiger partial charge in [0, 0.05) is 5.69 Å². The number of carbonyl (C=O) groups excluding carboxylic acids is 1. The van der Waals surface area contributed by atoms with Crippen LogP contribution in [-0.2, 0) is 4.79 Å². The molecule has 0 aliphatic carbocycles. The Balaban J connectivity index is 1.84. The maximum atomic E-state index is 11.9. The molecule has 6 nitrogen and oxygen atoms in total. The fraction of sp³-hybridized carbons (Fsp3) is 0.250. The van der Waals surface area contributed by atoms with Gasteiger partial charge in [0.25, 0.3) is 5.91 Å². The summed E-state index contributed by atoms with van der Waals surface area (Å²) in [6, 6.07) is 10.5. The monoisotopic (exact) mass is 301 g/mol. The van der Waals surface area contributed by atoms with E-state index in [1.165, 1.54) is 6.21 Å². The van der Waals surface area contributed by atoms with Crippen molar-refractivity contribution in [3.8, 4) is 5.75 Å². The average molecular weight is 301 g/mol. The molecule has 0 radical (unpaired) electrons. The van der Waals surface area contributed by atoms with Crippen LogP contribution in [0.1, 0.15) is 18.4 Å². The van der Waals surface area contributed by atoms with Crippen LogP contribution in [0, 0.1) is 6.92 Å². The highest BCUT2D eigenvalue weighted by molar-refractivity contribution is 5.85. The number of hydrogen-bond donors (Lipinski definition) is 2. The average Bonchev–Trinajstić information content (AvgIpc) is 2.93. The topological polar surface area (TPSA) is 75.9 Å². The molecule has 0 aliphatic rings. The van der Waals surface area contributed by atoms with Crippen molar-refractivity contribution in [2.45, 2.75) is 19.9 Å². The number of benzene rings is 1. The third-order valence-electron chi connectivity index (χ3n) is 2.99. The maximum absolute atomic E-state index is 11.9. The van der Waals surface area contributed by atoms with Crippen LogP contribution in [0.4, 0.5) is 5.69 Å². The van der Waals surface area contributed by atoms with E-state index in [4.69, 9.17) is 9.15 Å². The summed E-state index contributed by atoms with van der Waals surface area (Å²) < 4.78 is 10.4. The first-order valence-corrected chi connectivity index (χ1v) is 6.88. The van der Waals surface area contributed by atoms with Gasteiger partial charge in [-0.15, -0.1) is 0 Å². The largest absolute Gasteiger partial charge is 0.497 e. The SMILES string of the molecule is COc1ccc(NC(C)C(=O)NN=Cc2ccc(C)o2)cc1. The van der Waals surface area contributed by atoms with E-state index in [-0.39, 0.29) is 5.91 Å². The van der Waals surface area contributed by atoms with Crippen LogP contribution < -0.4 is 15.5 Å². The summed E-state index contributed by atoms with van der Waals surface area (Å²) in [6.45, 7) is 3.60. The molecule has 6 heteroatoms. The normalized spacial score (nSPS) is 12.1. The summed E-state index contributed by atoms with van der Waals surface area (Å²) in [4.78, 5) is 11.9. The molecule has 1 amide bonds. The van der Waals surface area contributed by atoms with Gasteiger partial charge in [-0.3, -0.25) is 4.79 Å². The molecule has 2 aromatic rings. The Morgan fingerprint density at radius 2 is 2.00 bits per heavy atom. The molecule has 2 rings (SSSR count). The van der Waals surface area contributed by atoms with Crippen molar-refractivity contribution in [2.24, 2.45) is 5.10 Å². The molecule has 1 heterocycles. The molecule has 0 bridgehead atoms. The van der Waals surface area contributed by atoms with Crippen LogP contribution in [0.2, 0.25) is 0 Å². The number of aryl methyl sites for hydroxylation is 1. The van der Waals surface area contributed by atoms with Crippen molar-refractivity contribution in [1.29, 1.82) is 0 Å². The number of anilines is 1. The van der Waals surface area contributed by atoms with Gasteiger partial charge < -0.3 is 14.5 Å². The summed E-state index contributed by atoms with van der Waals surface area (Å²) in [5, 5.41) is 6.95. The molecule has 1 aromatic carbocycles. The molecule has 22 heavy (non-hydrogen) atoms. The smallest absolute Gasteiger partial charge is 0.262 e. The Morgan fingerprint density at radius 1 is 1.27 bits per heavy atom. The van der Waals surface area contributed by atoms with Gasteiger partial charge in [-0.05, 0) is 50.2 Å². The highest BCUT2D eigenvalue weighted by Gasteiger charge is 2.11. The second-order valence-electron chi connectivity index (χ2n) is 4.78. The van der Waals surface area contributed by atoms with E-state index in [2.05, 4.69) is 15.8 Å². The molecular weight excluding hydrogens is 282 g/mol. The number of methoxy groups -OCH3 is 1. The summed E-state index contributed by atoms with van der Waals surface area (Å²) in [7, 11) is 1.61. The lowest BCUT2D eigenvalue weighted by Gasteiger charge is -2.13. The maximum Gasteiger partial charge on any atom is 0.262 e. The number of hydrazone groups is 1. The van der Waals surface area contributed by atoms with Gasteiger partial charge in [-0.1, -0.05) is 0 Å². The fourth-order valence-electron chi connectivity index (χ4n) is 1.78. The number of carbonyl (C=O) groups is 1. The highest BCUT2D eigenvalue weighted by atomic mass is 16.5. The van der Waals surface area contributed by atoms with Gasteiger partial charge >= 0.3 is 0 Å². The first-order valence-electron chi connectivity index (χ1n) is 6.88. The van der Waals surface area contributed by atoms with Crippen LogP contribution in [-0.4, -0.2) is 25.3 Å². The second kappa shape index (κ2) is 7.31. The molecule has 2 N–H and O–H groups in total. The van der Waals surface area contributed by atoms with E-state index in [9.17, 15) is 4.79 Å². The van der Waals surface area contributed by atoms with E-state index >= 15 is 0 Å². The number of hydrogen-bond acceptors (Lipinski definition) is 5. The van der Waals surface area contributed by atoms with Crippen molar-refractivity contribution in [3.05, 3.63) is 47.9 Å². The number of rotatable bonds is 6. The fourth-order valence-corrected chi connectivity index (χ4v) is 1.78. The summed E-state index contributed by atoms with van der Waals surface area (Å²) in [5.74, 6) is 1.91. The number of ether oxygens (including phenoxy) is 1. The zero-order valence-corrected chi connectivity index (χ0v) is 12.8. The van der Waals surface area contributed by atoms with Gasteiger partial charge in [-0.25, -0.2) is 5.43 Å². The van der Waals surface area contributed by atoms with E-state index in [0.717, 1.165) is 17.2 Å². The summed E-state index contributed by atoms with van der Waals surface area (Å²) in [5.41, 5.74) is 3.29. The van der Waals surface area contributed by atoms with Crippen molar-refractivity contribution in [2.75, 3.05) is 12.4 Å². The Kier molecular flexibility index (Phi) is 5.19. The van der Waals surface area contributed by atoms with Crippen LogP contribution >= 0.6 is 0 Å². The second-order valence-corrected chi connectivity index (χ2v) is 4.78. The minimum Gasteiger partial charge on any atom is -0.497 e. The lowest BCUT2D eigenvalue weighted by molar-refractivity contribution is -0.121. The molecular formula is C16H19N3O3. The molecule has 1 unspecified atom stereocenters. The van der Waals surface area contributed by atoms with E-state index in [0.29, 0.717) is 5.76 Å². The molecule has 0 spiro atoms. The number of furan rings is 1. The van der Waals surface area contributed by atoms with Gasteiger partial charge in [0.2, 0.25) is 0 Å². The third-order valence-corrected chi connectivity index (χ3v) is 2.99. The molecule has 0 saturated carbocycles. The molecule has 0 fully saturated rings. The summed E-state index contributed by atoms with van der Waals surface area (Å²) >= 11 is 0. The predicted molar refractivity (Wildman–Crippen MR) is 85.3 cm³/mol. The van der Waals surface area contributed by atoms with E-state index in [1.54, 1.807) is 20.1 Å². The minimum absolute atomic E-state index is 0.240. The van der Waals surface area contributed by atoms with Crippen LogP contribution in [0.25, 0.3) is 0 Å². The molecule has 0 aliphatic heterocycles. The standard InChI is InChI=1S/C16H19N3O3/c1-11-4-7-15(22-11)10-17-19-16(20)12(2)18-13-5-8-14(21-3)9-6-13/h4-10,12,18H,1-3H3,(H,19,20). The number of nitrogens with zero attached hydrogens (tertiary/aromatic N) is 1. The predicted octanol–water partition coefficient (Wildman–Crippen LogP) is 2.55. The van der Waals surface area contributed by atoms with Gasteiger partial charge in [-0.2, -0.15) is 5.10 Å². The molecule has 0 saturated heterocycles. The molecule has 116 valence electrons. The quantitative estimate of drug-likeness (QED) is 0.635. The Morgan fingerprint density at radius 3 is 2.59 bits per heavy atom. The van der Waals surface area contributed by atoms with Crippen molar-refractivity contribution < 1.29 is 13.9 Å². The highest BCUT2D eigenvalue weighted by Crippen LogP contribution is 2.15. The zero-order valence-electron chi connectivity index (χ0n) is 12.8. The Hall–Kier alpha value is -2.76. The minimum atomic E-state index is -0.427. The number of nitrogens with one attached hydrogen (secondary N) is 2. The van der Waals surface area contributed by atoms with Crippen molar-refractivity contribution in [3.63, 3.8) is 0 Å². The van der Waals surface area contributed by atoms with Crippen LogP contribution in [0.15, 0.2) is 45.9 Å². The zero-order chi connectivity index (χ0) is 15.9. The third kappa shape index (κ3) is 4.37. The summed E-state index contributed by atoms with van der Waals surface area (Å²) in [6.07, 6.45) is 1.46. The van der Waals surface area contributed by atoms with Gasteiger partial charge in [0.05, 0.1) is 13.3 Å². The first-order chi connectivity index (χ1) is 10.6. The first kappa shape index (κ1) is 15.6. The lowest BCUT2D eigenvalue weighted by atomic mass is 10.2. The lowest BCUT2D eigenvalue weighted by Crippen LogP contribution is -2.34. The van der Waals surface area contributed by atoms with Crippen molar-refractivity contribution in [1.82, 2.24) is 5.43 Å². The van der Waals surface area contributed by atoms with Crippen LogP contribution in [0.3, 0.4) is 0 Å². The van der Waals surface area contributed by atoms with E-state index in [1.807, 2.05) is 37.3 Å². The van der Waals surface area contributed by atoms with Gasteiger partial charge in [0.1, 0.15) is 23.3 Å². The molecule has 1 aromatic heterocycles. The van der Waals surface area contributed by atoms with Crippen LogP contribution in [0.5, 0.6) is 5.75 Å². The number of amides is 1. The Bertz CT molecular complexity index is 647. The Labute approximate surface area is 129 Å². The molecule has 1 atom stereocenters.